The van der Waals surface area contributed by atoms with Gasteiger partial charge in [-0.05, 0) is 32.7 Å². The molecule has 120 valence electrons. The van der Waals surface area contributed by atoms with Gasteiger partial charge in [0.15, 0.2) is 0 Å². The van der Waals surface area contributed by atoms with Gasteiger partial charge in [-0.3, -0.25) is 9.69 Å². The van der Waals surface area contributed by atoms with Gasteiger partial charge in [0, 0.05) is 26.2 Å². The van der Waals surface area contributed by atoms with E-state index in [1.54, 1.807) is 7.11 Å². The van der Waals surface area contributed by atoms with E-state index in [0.29, 0.717) is 12.6 Å². The molecule has 0 saturated heterocycles. The lowest BCUT2D eigenvalue weighted by Gasteiger charge is -2.34. The highest BCUT2D eigenvalue weighted by molar-refractivity contribution is 5.84. The van der Waals surface area contributed by atoms with Gasteiger partial charge in [-0.25, -0.2) is 0 Å². The molecule has 1 amide bonds. The third-order valence-electron chi connectivity index (χ3n) is 4.05. The van der Waals surface area contributed by atoms with Crippen LogP contribution in [0.5, 0.6) is 0 Å². The molecule has 5 heteroatoms. The molecule has 0 heterocycles. The molecule has 0 aromatic carbocycles. The number of nitrogens with two attached hydrogens (primary N) is 1. The van der Waals surface area contributed by atoms with Crippen molar-refractivity contribution >= 4 is 5.91 Å². The van der Waals surface area contributed by atoms with Crippen molar-refractivity contribution < 1.29 is 9.53 Å². The fraction of sp³-hybridized carbons (Fsp3) is 0.933. The Balaban J connectivity index is 4.66. The summed E-state index contributed by atoms with van der Waals surface area (Å²) in [5, 5.41) is 3.21. The summed E-state index contributed by atoms with van der Waals surface area (Å²) in [7, 11) is 1.72. The molecular weight excluding hydrogens is 254 g/mol. The predicted octanol–water partition coefficient (Wildman–Crippen LogP) is 1.37. The van der Waals surface area contributed by atoms with Gasteiger partial charge < -0.3 is 15.8 Å². The van der Waals surface area contributed by atoms with Crippen molar-refractivity contribution in [2.75, 3.05) is 33.4 Å². The van der Waals surface area contributed by atoms with E-state index in [-0.39, 0.29) is 5.91 Å². The van der Waals surface area contributed by atoms with E-state index in [1.807, 2.05) is 13.8 Å². The first-order valence-electron chi connectivity index (χ1n) is 7.73. The molecule has 3 N–H and O–H groups in total. The number of hydrogen-bond donors (Lipinski definition) is 2. The summed E-state index contributed by atoms with van der Waals surface area (Å²) in [6, 6.07) is 0.531. The van der Waals surface area contributed by atoms with Gasteiger partial charge >= 0.3 is 0 Å². The summed E-state index contributed by atoms with van der Waals surface area (Å²) >= 11 is 0. The van der Waals surface area contributed by atoms with E-state index in [9.17, 15) is 4.79 Å². The highest BCUT2D eigenvalue weighted by Crippen LogP contribution is 2.14. The number of primary amides is 1. The fourth-order valence-electron chi connectivity index (χ4n) is 2.55. The average Bonchev–Trinajstić information content (AvgIpc) is 2.42. The Labute approximate surface area is 124 Å². The standard InChI is InChI=1S/C15H33N3O2/c1-6-13(7-2)18(11-12-20-5)10-9-15(4,14(16)19)17-8-3/h13,17H,6-12H2,1-5H3,(H2,16,19). The van der Waals surface area contributed by atoms with Crippen molar-refractivity contribution in [2.45, 2.75) is 58.5 Å². The lowest BCUT2D eigenvalue weighted by atomic mass is 9.95. The maximum Gasteiger partial charge on any atom is 0.237 e. The third-order valence-corrected chi connectivity index (χ3v) is 4.05. The van der Waals surface area contributed by atoms with Gasteiger partial charge in [0.2, 0.25) is 5.91 Å². The van der Waals surface area contributed by atoms with Crippen LogP contribution in [0.2, 0.25) is 0 Å². The van der Waals surface area contributed by atoms with Crippen LogP contribution in [0.4, 0.5) is 0 Å². The first-order chi connectivity index (χ1) is 9.45. The largest absolute Gasteiger partial charge is 0.383 e. The van der Waals surface area contributed by atoms with Crippen LogP contribution in [0.25, 0.3) is 0 Å². The van der Waals surface area contributed by atoms with E-state index in [1.165, 1.54) is 0 Å². The first kappa shape index (κ1) is 19.4. The highest BCUT2D eigenvalue weighted by Gasteiger charge is 2.30. The Morgan fingerprint density at radius 3 is 2.30 bits per heavy atom. The quantitative estimate of drug-likeness (QED) is 0.569. The number of nitrogens with one attached hydrogen (secondary N) is 1. The summed E-state index contributed by atoms with van der Waals surface area (Å²) in [6.45, 7) is 11.5. The third kappa shape index (κ3) is 6.20. The van der Waals surface area contributed by atoms with Crippen LogP contribution >= 0.6 is 0 Å². The van der Waals surface area contributed by atoms with E-state index < -0.39 is 5.54 Å². The summed E-state index contributed by atoms with van der Waals surface area (Å²) in [6.07, 6.45) is 2.93. The Kier molecular flexibility index (Phi) is 9.80. The lowest BCUT2D eigenvalue weighted by Crippen LogP contribution is -2.55. The number of carbonyl (C=O) groups excluding carboxylic acids is 1. The van der Waals surface area contributed by atoms with Gasteiger partial charge in [0.25, 0.3) is 0 Å². The molecule has 20 heavy (non-hydrogen) atoms. The number of nitrogens with zero attached hydrogens (tertiary/aromatic N) is 1. The van der Waals surface area contributed by atoms with Gasteiger partial charge in [-0.1, -0.05) is 20.8 Å². The van der Waals surface area contributed by atoms with Crippen molar-refractivity contribution in [1.82, 2.24) is 10.2 Å². The zero-order valence-corrected chi connectivity index (χ0v) is 13.9. The van der Waals surface area contributed by atoms with E-state index in [0.717, 1.165) is 38.9 Å². The van der Waals surface area contributed by atoms with Crippen LogP contribution in [0.3, 0.4) is 0 Å². The van der Waals surface area contributed by atoms with Crippen LogP contribution < -0.4 is 11.1 Å². The number of ether oxygens (including phenoxy) is 1. The minimum Gasteiger partial charge on any atom is -0.383 e. The molecular formula is C15H33N3O2. The first-order valence-corrected chi connectivity index (χ1v) is 7.73. The van der Waals surface area contributed by atoms with Crippen LogP contribution in [0, 0.1) is 0 Å². The van der Waals surface area contributed by atoms with E-state index in [2.05, 4.69) is 24.1 Å². The molecule has 0 radical (unpaired) electrons. The molecule has 0 bridgehead atoms. The van der Waals surface area contributed by atoms with E-state index in [4.69, 9.17) is 10.5 Å². The van der Waals surface area contributed by atoms with Gasteiger partial charge in [0.05, 0.1) is 12.1 Å². The van der Waals surface area contributed by atoms with E-state index >= 15 is 0 Å². The summed E-state index contributed by atoms with van der Waals surface area (Å²) in [5.74, 6) is -0.282. The zero-order valence-electron chi connectivity index (χ0n) is 13.9. The molecule has 0 aliphatic carbocycles. The number of rotatable bonds is 12. The van der Waals surface area contributed by atoms with Crippen LogP contribution in [-0.4, -0.2) is 55.7 Å². The molecule has 1 atom stereocenters. The minimum absolute atomic E-state index is 0.282. The molecule has 0 aromatic heterocycles. The van der Waals surface area contributed by atoms with Crippen molar-refractivity contribution in [3.05, 3.63) is 0 Å². The van der Waals surface area contributed by atoms with Crippen molar-refractivity contribution in [3.63, 3.8) is 0 Å². The Morgan fingerprint density at radius 2 is 1.90 bits per heavy atom. The van der Waals surface area contributed by atoms with Crippen molar-refractivity contribution in [3.8, 4) is 0 Å². The maximum atomic E-state index is 11.7. The number of amides is 1. The zero-order chi connectivity index (χ0) is 15.6. The van der Waals surface area contributed by atoms with Crippen LogP contribution in [0.15, 0.2) is 0 Å². The number of hydrogen-bond acceptors (Lipinski definition) is 4. The Hall–Kier alpha value is -0.650. The van der Waals surface area contributed by atoms with Gasteiger partial charge in [0.1, 0.15) is 0 Å². The molecule has 5 nitrogen and oxygen atoms in total. The molecule has 0 saturated carbocycles. The van der Waals surface area contributed by atoms with Crippen LogP contribution in [-0.2, 0) is 9.53 Å². The number of methoxy groups -OCH3 is 1. The molecule has 0 aliphatic heterocycles. The summed E-state index contributed by atoms with van der Waals surface area (Å²) < 4.78 is 5.19. The molecule has 0 aromatic rings. The minimum atomic E-state index is -0.633. The van der Waals surface area contributed by atoms with Crippen molar-refractivity contribution in [1.29, 1.82) is 0 Å². The number of carbonyl (C=O) groups is 1. The highest BCUT2D eigenvalue weighted by atomic mass is 16.5. The molecule has 0 spiro atoms. The molecule has 0 rings (SSSR count). The Bertz CT molecular complexity index is 270. The number of likely N-dealkylation sites (N-methyl/N-ethyl adjacent to an activating group) is 1. The smallest absolute Gasteiger partial charge is 0.237 e. The second kappa shape index (κ2) is 10.1. The van der Waals surface area contributed by atoms with Gasteiger partial charge in [-0.15, -0.1) is 0 Å². The maximum absolute atomic E-state index is 11.7. The topological polar surface area (TPSA) is 67.6 Å². The normalized spacial score (nSPS) is 14.8. The Morgan fingerprint density at radius 1 is 1.30 bits per heavy atom. The summed E-state index contributed by atoms with van der Waals surface area (Å²) in [4.78, 5) is 14.1. The van der Waals surface area contributed by atoms with Gasteiger partial charge in [-0.2, -0.15) is 0 Å². The molecule has 0 fully saturated rings. The lowest BCUT2D eigenvalue weighted by molar-refractivity contribution is -0.124. The predicted molar refractivity (Wildman–Crippen MR) is 83.7 cm³/mol. The second-order valence-electron chi connectivity index (χ2n) is 5.48. The SMILES string of the molecule is CCNC(C)(CCN(CCOC)C(CC)CC)C(N)=O. The van der Waals surface area contributed by atoms with Crippen LogP contribution in [0.1, 0.15) is 47.0 Å². The van der Waals surface area contributed by atoms with Crippen molar-refractivity contribution in [2.24, 2.45) is 5.73 Å². The molecule has 0 aliphatic rings. The summed E-state index contributed by atoms with van der Waals surface area (Å²) in [5.41, 5.74) is 4.91. The molecule has 1 unspecified atom stereocenters. The monoisotopic (exact) mass is 287 g/mol. The average molecular weight is 287 g/mol. The second-order valence-corrected chi connectivity index (χ2v) is 5.48. The fourth-order valence-corrected chi connectivity index (χ4v) is 2.55.